The van der Waals surface area contributed by atoms with Gasteiger partial charge in [-0.3, -0.25) is 0 Å². The standard InChI is InChI=1S/C30H48O2/c1-19(2)20-10-15-30(18-31)17-16-28(6)21(25(20)30)8-9-23-27(5)13-12-24(32)26(3,4)22(27)11-14-29(23,28)7/h18,20-25,32H,1,8-17H2,2-7H3/t20-,21+,22-,23+,24+,25-,27-,28+,29+,30+/m0/s1. The van der Waals surface area contributed by atoms with Crippen molar-refractivity contribution >= 4 is 6.29 Å². The molecule has 0 aromatic heterocycles. The van der Waals surface area contributed by atoms with Gasteiger partial charge in [-0.25, -0.2) is 0 Å². The molecule has 0 spiro atoms. The zero-order valence-corrected chi connectivity index (χ0v) is 21.7. The predicted octanol–water partition coefficient (Wildman–Crippen LogP) is 7.20. The molecule has 0 amide bonds. The highest BCUT2D eigenvalue weighted by atomic mass is 16.3. The zero-order valence-electron chi connectivity index (χ0n) is 21.7. The number of aliphatic hydroxyl groups excluding tert-OH is 1. The van der Waals surface area contributed by atoms with Crippen LogP contribution in [0.15, 0.2) is 12.2 Å². The number of allylic oxidation sites excluding steroid dienone is 1. The first-order valence-electron chi connectivity index (χ1n) is 13.7. The van der Waals surface area contributed by atoms with Crippen molar-refractivity contribution in [2.24, 2.45) is 56.7 Å². The van der Waals surface area contributed by atoms with E-state index in [0.29, 0.717) is 39.9 Å². The molecule has 0 aliphatic heterocycles. The Bertz CT molecular complexity index is 814. The third kappa shape index (κ3) is 2.60. The van der Waals surface area contributed by atoms with Crippen LogP contribution < -0.4 is 0 Å². The summed E-state index contributed by atoms with van der Waals surface area (Å²) in [6, 6.07) is 0. The minimum atomic E-state index is -0.158. The molecule has 0 radical (unpaired) electrons. The van der Waals surface area contributed by atoms with Gasteiger partial charge in [0.2, 0.25) is 0 Å². The van der Waals surface area contributed by atoms with Crippen LogP contribution in [0.1, 0.15) is 106 Å². The van der Waals surface area contributed by atoms with Gasteiger partial charge in [0.15, 0.2) is 0 Å². The Morgan fingerprint density at radius 2 is 1.56 bits per heavy atom. The molecule has 2 nitrogen and oxygen atoms in total. The lowest BCUT2D eigenvalue weighted by Crippen LogP contribution is -2.66. The predicted molar refractivity (Wildman–Crippen MR) is 131 cm³/mol. The number of carbonyl (C=O) groups excluding carboxylic acids is 1. The molecule has 180 valence electrons. The van der Waals surface area contributed by atoms with E-state index < -0.39 is 0 Å². The highest BCUT2D eigenvalue weighted by Crippen LogP contribution is 2.77. The number of fused-ring (bicyclic) bond motifs is 7. The Balaban J connectivity index is 1.56. The van der Waals surface area contributed by atoms with E-state index >= 15 is 0 Å². The van der Waals surface area contributed by atoms with E-state index in [4.69, 9.17) is 0 Å². The quantitative estimate of drug-likeness (QED) is 0.364. The first-order chi connectivity index (χ1) is 14.9. The van der Waals surface area contributed by atoms with Crippen molar-refractivity contribution in [1.29, 1.82) is 0 Å². The van der Waals surface area contributed by atoms with E-state index in [1.54, 1.807) is 0 Å². The topological polar surface area (TPSA) is 37.3 Å². The van der Waals surface area contributed by atoms with Crippen molar-refractivity contribution in [1.82, 2.24) is 0 Å². The summed E-state index contributed by atoms with van der Waals surface area (Å²) >= 11 is 0. The molecule has 0 aromatic rings. The van der Waals surface area contributed by atoms with Crippen molar-refractivity contribution in [2.75, 3.05) is 0 Å². The number of rotatable bonds is 2. The summed E-state index contributed by atoms with van der Waals surface area (Å²) in [5, 5.41) is 10.9. The van der Waals surface area contributed by atoms with Crippen LogP contribution in [0.5, 0.6) is 0 Å². The van der Waals surface area contributed by atoms with Gasteiger partial charge in [0.05, 0.1) is 6.10 Å². The van der Waals surface area contributed by atoms with Crippen LogP contribution in [-0.4, -0.2) is 17.5 Å². The molecule has 5 fully saturated rings. The summed E-state index contributed by atoms with van der Waals surface area (Å²) in [4.78, 5) is 12.6. The molecule has 2 heteroatoms. The summed E-state index contributed by atoms with van der Waals surface area (Å²) in [5.74, 6) is 3.03. The average molecular weight is 441 g/mol. The van der Waals surface area contributed by atoms with Gasteiger partial charge in [0, 0.05) is 5.41 Å². The fourth-order valence-electron chi connectivity index (χ4n) is 11.4. The van der Waals surface area contributed by atoms with Crippen LogP contribution in [0.4, 0.5) is 0 Å². The van der Waals surface area contributed by atoms with Crippen LogP contribution in [0, 0.1) is 56.7 Å². The maximum atomic E-state index is 12.6. The molecular weight excluding hydrogens is 392 g/mol. The lowest BCUT2D eigenvalue weighted by Gasteiger charge is -2.72. The number of hydrogen-bond donors (Lipinski definition) is 1. The monoisotopic (exact) mass is 440 g/mol. The van der Waals surface area contributed by atoms with Crippen LogP contribution in [0.3, 0.4) is 0 Å². The molecule has 0 heterocycles. The number of aliphatic hydroxyl groups is 1. The third-order valence-electron chi connectivity index (χ3n) is 13.3. The smallest absolute Gasteiger partial charge is 0.126 e. The van der Waals surface area contributed by atoms with Gasteiger partial charge in [-0.2, -0.15) is 0 Å². The summed E-state index contributed by atoms with van der Waals surface area (Å²) < 4.78 is 0. The fourth-order valence-corrected chi connectivity index (χ4v) is 11.4. The third-order valence-corrected chi connectivity index (χ3v) is 13.3. The SMILES string of the molecule is C=C(C)[C@@H]1CC[C@]2(C=O)CC[C@]3(C)[C@H](CC[C@@H]4[C@@]5(C)CC[C@@H](O)C(C)(C)[C@@H]5CC[C@]43C)[C@H]12. The number of aldehydes is 1. The normalized spacial score (nSPS) is 56.3. The van der Waals surface area contributed by atoms with E-state index in [-0.39, 0.29) is 16.9 Å². The van der Waals surface area contributed by atoms with E-state index in [1.807, 2.05) is 0 Å². The molecule has 0 aromatic carbocycles. The van der Waals surface area contributed by atoms with Crippen molar-refractivity contribution < 1.29 is 9.90 Å². The first-order valence-corrected chi connectivity index (χ1v) is 13.7. The molecule has 5 aliphatic carbocycles. The number of carbonyl (C=O) groups is 1. The number of hydrogen-bond acceptors (Lipinski definition) is 2. The van der Waals surface area contributed by atoms with Gasteiger partial charge >= 0.3 is 0 Å². The largest absolute Gasteiger partial charge is 0.393 e. The molecule has 1 N–H and O–H groups in total. The molecule has 0 bridgehead atoms. The zero-order chi connectivity index (χ0) is 23.3. The van der Waals surface area contributed by atoms with E-state index in [2.05, 4.69) is 48.1 Å². The maximum absolute atomic E-state index is 12.6. The van der Waals surface area contributed by atoms with E-state index in [9.17, 15) is 9.90 Å². The van der Waals surface area contributed by atoms with Gasteiger partial charge < -0.3 is 9.90 Å². The molecule has 0 saturated heterocycles. The maximum Gasteiger partial charge on any atom is 0.126 e. The average Bonchev–Trinajstić information content (AvgIpc) is 3.12. The van der Waals surface area contributed by atoms with Crippen molar-refractivity contribution in [3.63, 3.8) is 0 Å². The van der Waals surface area contributed by atoms with Gasteiger partial charge in [-0.05, 0) is 122 Å². The van der Waals surface area contributed by atoms with Gasteiger partial charge in [-0.1, -0.05) is 46.8 Å². The summed E-state index contributed by atoms with van der Waals surface area (Å²) in [6.07, 6.45) is 13.1. The molecule has 32 heavy (non-hydrogen) atoms. The van der Waals surface area contributed by atoms with Gasteiger partial charge in [0.1, 0.15) is 6.29 Å². The Hall–Kier alpha value is -0.630. The molecule has 5 saturated carbocycles. The van der Waals surface area contributed by atoms with E-state index in [0.717, 1.165) is 31.6 Å². The molecule has 10 atom stereocenters. The second kappa shape index (κ2) is 6.96. The molecule has 5 rings (SSSR count). The highest BCUT2D eigenvalue weighted by Gasteiger charge is 2.70. The lowest BCUT2D eigenvalue weighted by molar-refractivity contribution is -0.245. The second-order valence-electron chi connectivity index (χ2n) is 14.4. The van der Waals surface area contributed by atoms with Crippen LogP contribution in [0.2, 0.25) is 0 Å². The Kier molecular flexibility index (Phi) is 5.03. The molecular formula is C30H48O2. The Morgan fingerprint density at radius 1 is 0.844 bits per heavy atom. The van der Waals surface area contributed by atoms with Crippen LogP contribution in [0.25, 0.3) is 0 Å². The van der Waals surface area contributed by atoms with Crippen LogP contribution >= 0.6 is 0 Å². The van der Waals surface area contributed by atoms with Gasteiger partial charge in [-0.15, -0.1) is 0 Å². The minimum absolute atomic E-state index is 0.0157. The van der Waals surface area contributed by atoms with Crippen molar-refractivity contribution in [2.45, 2.75) is 112 Å². The minimum Gasteiger partial charge on any atom is -0.393 e. The molecule has 0 unspecified atom stereocenters. The summed E-state index contributed by atoms with van der Waals surface area (Å²) in [7, 11) is 0. The Labute approximate surface area is 197 Å². The van der Waals surface area contributed by atoms with Crippen LogP contribution in [-0.2, 0) is 4.79 Å². The van der Waals surface area contributed by atoms with Crippen molar-refractivity contribution in [3.8, 4) is 0 Å². The summed E-state index contributed by atoms with van der Waals surface area (Å²) in [5.41, 5.74) is 2.20. The Morgan fingerprint density at radius 3 is 2.22 bits per heavy atom. The highest BCUT2D eigenvalue weighted by molar-refractivity contribution is 5.62. The van der Waals surface area contributed by atoms with Gasteiger partial charge in [0.25, 0.3) is 0 Å². The van der Waals surface area contributed by atoms with Crippen molar-refractivity contribution in [3.05, 3.63) is 12.2 Å². The lowest BCUT2D eigenvalue weighted by atomic mass is 9.32. The first kappa shape index (κ1) is 23.1. The van der Waals surface area contributed by atoms with E-state index in [1.165, 1.54) is 50.4 Å². The fraction of sp³-hybridized carbons (Fsp3) is 0.900. The summed E-state index contributed by atoms with van der Waals surface area (Å²) in [6.45, 7) is 19.2. The second-order valence-corrected chi connectivity index (χ2v) is 14.4. The molecule has 5 aliphatic rings.